The molecule has 17 heavy (non-hydrogen) atoms. The van der Waals surface area contributed by atoms with Crippen molar-refractivity contribution in [1.82, 2.24) is 9.78 Å². The highest BCUT2D eigenvalue weighted by Crippen LogP contribution is 2.60. The maximum atomic E-state index is 12.5. The Morgan fingerprint density at radius 1 is 1.41 bits per heavy atom. The number of H-pyrrole nitrogens is 1. The number of hydrogen-bond acceptors (Lipinski definition) is 4. The number of hydrogen-bond donors (Lipinski definition) is 1. The zero-order valence-electron chi connectivity index (χ0n) is 10.6. The van der Waals surface area contributed by atoms with Crippen molar-refractivity contribution in [2.45, 2.75) is 26.4 Å². The molecule has 0 saturated carbocycles. The highest BCUT2D eigenvalue weighted by Gasteiger charge is 2.35. The third-order valence-electron chi connectivity index (χ3n) is 2.51. The quantitative estimate of drug-likeness (QED) is 0.796. The Kier molecular flexibility index (Phi) is 4.74. The van der Waals surface area contributed by atoms with Gasteiger partial charge in [-0.3, -0.25) is 14.0 Å². The van der Waals surface area contributed by atoms with Gasteiger partial charge in [0.2, 0.25) is 0 Å². The van der Waals surface area contributed by atoms with E-state index in [1.54, 1.807) is 27.8 Å². The average Bonchev–Trinajstić information content (AvgIpc) is 2.59. The van der Waals surface area contributed by atoms with Crippen molar-refractivity contribution in [3.05, 3.63) is 22.1 Å². The highest BCUT2D eigenvalue weighted by molar-refractivity contribution is 7.54. The molecule has 0 spiro atoms. The van der Waals surface area contributed by atoms with Crippen LogP contribution in [0.1, 0.15) is 32.0 Å². The van der Waals surface area contributed by atoms with Crippen LogP contribution in [0.2, 0.25) is 0 Å². The summed E-state index contributed by atoms with van der Waals surface area (Å²) >= 11 is 0. The number of aromatic amines is 1. The molecule has 0 aliphatic rings. The summed E-state index contributed by atoms with van der Waals surface area (Å²) in [5.74, 6) is 0. The largest absolute Gasteiger partial charge is 0.338 e. The lowest BCUT2D eigenvalue weighted by Crippen LogP contribution is -2.18. The van der Waals surface area contributed by atoms with Gasteiger partial charge in [0.05, 0.1) is 24.4 Å². The summed E-state index contributed by atoms with van der Waals surface area (Å²) in [7, 11) is -1.68. The van der Waals surface area contributed by atoms with E-state index in [0.717, 1.165) is 0 Å². The SMILES string of the molecule is CCOP(=O)(OCC)C(C)c1c[nH]n(C)c1=O. The summed E-state index contributed by atoms with van der Waals surface area (Å²) in [6.07, 6.45) is 1.54. The van der Waals surface area contributed by atoms with E-state index in [4.69, 9.17) is 9.05 Å². The van der Waals surface area contributed by atoms with Gasteiger partial charge in [-0.2, -0.15) is 0 Å². The first-order valence-electron chi connectivity index (χ1n) is 5.59. The fraction of sp³-hybridized carbons (Fsp3) is 0.700. The van der Waals surface area contributed by atoms with Crippen LogP contribution in [0, 0.1) is 0 Å². The molecule has 1 aromatic rings. The lowest BCUT2D eigenvalue weighted by Gasteiger charge is -2.21. The predicted molar refractivity (Wildman–Crippen MR) is 65.3 cm³/mol. The van der Waals surface area contributed by atoms with Gasteiger partial charge in [0, 0.05) is 13.2 Å². The minimum Gasteiger partial charge on any atom is -0.308 e. The molecule has 0 aliphatic carbocycles. The average molecular weight is 262 g/mol. The van der Waals surface area contributed by atoms with Gasteiger partial charge in [0.25, 0.3) is 5.56 Å². The second-order valence-corrected chi connectivity index (χ2v) is 6.01. The van der Waals surface area contributed by atoms with Gasteiger partial charge in [0.15, 0.2) is 0 Å². The Morgan fingerprint density at radius 2 is 1.94 bits per heavy atom. The summed E-state index contributed by atoms with van der Waals surface area (Å²) < 4.78 is 24.2. The van der Waals surface area contributed by atoms with Gasteiger partial charge < -0.3 is 14.1 Å². The van der Waals surface area contributed by atoms with Crippen LogP contribution >= 0.6 is 7.60 Å². The van der Waals surface area contributed by atoms with Crippen molar-refractivity contribution in [1.29, 1.82) is 0 Å². The molecule has 98 valence electrons. The van der Waals surface area contributed by atoms with Crippen LogP contribution in [-0.2, 0) is 20.7 Å². The van der Waals surface area contributed by atoms with E-state index < -0.39 is 13.3 Å². The zero-order valence-corrected chi connectivity index (χ0v) is 11.5. The van der Waals surface area contributed by atoms with Gasteiger partial charge in [0.1, 0.15) is 0 Å². The molecule has 0 aliphatic heterocycles. The first-order valence-corrected chi connectivity index (χ1v) is 7.20. The Morgan fingerprint density at radius 3 is 2.29 bits per heavy atom. The van der Waals surface area contributed by atoms with Gasteiger partial charge in [-0.25, -0.2) is 0 Å². The molecule has 0 fully saturated rings. The number of aryl methyl sites for hydroxylation is 1. The van der Waals surface area contributed by atoms with E-state index in [9.17, 15) is 9.36 Å². The molecule has 0 aromatic carbocycles. The summed E-state index contributed by atoms with van der Waals surface area (Å²) in [5.41, 5.74) is -0.373. The van der Waals surface area contributed by atoms with E-state index in [1.807, 2.05) is 0 Å². The normalized spacial score (nSPS) is 13.9. The minimum atomic E-state index is -3.28. The topological polar surface area (TPSA) is 73.3 Å². The molecular weight excluding hydrogens is 243 g/mol. The Bertz CT molecular complexity index is 455. The highest BCUT2D eigenvalue weighted by atomic mass is 31.2. The van der Waals surface area contributed by atoms with E-state index in [1.165, 1.54) is 10.9 Å². The molecule has 0 radical (unpaired) electrons. The zero-order chi connectivity index (χ0) is 13.1. The molecule has 0 bridgehead atoms. The number of nitrogens with one attached hydrogen (secondary N) is 1. The van der Waals surface area contributed by atoms with Crippen molar-refractivity contribution in [2.75, 3.05) is 13.2 Å². The second-order valence-electron chi connectivity index (χ2n) is 3.64. The van der Waals surface area contributed by atoms with Crippen LogP contribution in [0.5, 0.6) is 0 Å². The maximum absolute atomic E-state index is 12.5. The smallest absolute Gasteiger partial charge is 0.308 e. The number of rotatable bonds is 6. The van der Waals surface area contributed by atoms with Crippen LogP contribution in [0.15, 0.2) is 11.0 Å². The molecule has 7 heteroatoms. The van der Waals surface area contributed by atoms with Crippen LogP contribution < -0.4 is 5.56 Å². The van der Waals surface area contributed by atoms with E-state index in [-0.39, 0.29) is 18.8 Å². The van der Waals surface area contributed by atoms with Crippen LogP contribution in [0.25, 0.3) is 0 Å². The fourth-order valence-corrected chi connectivity index (χ4v) is 3.34. The maximum Gasteiger partial charge on any atom is 0.338 e. The van der Waals surface area contributed by atoms with Crippen molar-refractivity contribution in [3.8, 4) is 0 Å². The van der Waals surface area contributed by atoms with Crippen LogP contribution in [-0.4, -0.2) is 23.0 Å². The molecule has 1 unspecified atom stereocenters. The van der Waals surface area contributed by atoms with Crippen molar-refractivity contribution < 1.29 is 13.6 Å². The summed E-state index contributed by atoms with van der Waals surface area (Å²) in [6.45, 7) is 5.73. The Hall–Kier alpha value is -0.840. The Balaban J connectivity index is 3.08. The van der Waals surface area contributed by atoms with Gasteiger partial charge >= 0.3 is 7.60 Å². The lowest BCUT2D eigenvalue weighted by atomic mass is 10.3. The molecule has 1 N–H and O–H groups in total. The standard InChI is InChI=1S/C10H19N2O4P/c1-5-15-17(14,16-6-2)8(3)9-7-11-12(4)10(9)13/h7-8,11H,5-6H2,1-4H3. The van der Waals surface area contributed by atoms with Crippen LogP contribution in [0.3, 0.4) is 0 Å². The molecule has 1 aromatic heterocycles. The van der Waals surface area contributed by atoms with E-state index >= 15 is 0 Å². The monoisotopic (exact) mass is 262 g/mol. The van der Waals surface area contributed by atoms with Gasteiger partial charge in [-0.15, -0.1) is 0 Å². The Labute approximate surface area is 100 Å². The first kappa shape index (κ1) is 14.2. The predicted octanol–water partition coefficient (Wildman–Crippen LogP) is 2.04. The lowest BCUT2D eigenvalue weighted by molar-refractivity contribution is 0.213. The molecule has 1 heterocycles. The molecule has 0 amide bonds. The van der Waals surface area contributed by atoms with Crippen molar-refractivity contribution >= 4 is 7.60 Å². The molecule has 0 saturated heterocycles. The second kappa shape index (κ2) is 5.67. The molecular formula is C10H19N2O4P. The molecule has 6 nitrogen and oxygen atoms in total. The van der Waals surface area contributed by atoms with Crippen molar-refractivity contribution in [2.24, 2.45) is 7.05 Å². The summed E-state index contributed by atoms with van der Waals surface area (Å²) in [4.78, 5) is 11.8. The van der Waals surface area contributed by atoms with Crippen molar-refractivity contribution in [3.63, 3.8) is 0 Å². The summed E-state index contributed by atoms with van der Waals surface area (Å²) in [5, 5.41) is 2.75. The van der Waals surface area contributed by atoms with E-state index in [2.05, 4.69) is 5.10 Å². The number of nitrogens with zero attached hydrogens (tertiary/aromatic N) is 1. The summed E-state index contributed by atoms with van der Waals surface area (Å²) in [6, 6.07) is 0. The van der Waals surface area contributed by atoms with Gasteiger partial charge in [-0.1, -0.05) is 0 Å². The number of aromatic nitrogens is 2. The third-order valence-corrected chi connectivity index (χ3v) is 4.97. The van der Waals surface area contributed by atoms with Gasteiger partial charge in [-0.05, 0) is 20.8 Å². The molecule has 1 rings (SSSR count). The van der Waals surface area contributed by atoms with E-state index in [0.29, 0.717) is 5.56 Å². The third kappa shape index (κ3) is 2.89. The van der Waals surface area contributed by atoms with Crippen LogP contribution in [0.4, 0.5) is 0 Å². The molecule has 1 atom stereocenters. The fourth-order valence-electron chi connectivity index (χ4n) is 1.57. The minimum absolute atomic E-state index is 0.211. The first-order chi connectivity index (χ1) is 7.96.